The molecule has 1 aliphatic rings. The van der Waals surface area contributed by atoms with Crippen LogP contribution in [0.4, 0.5) is 4.39 Å². The van der Waals surface area contributed by atoms with Crippen molar-refractivity contribution in [2.24, 2.45) is 0 Å². The number of rotatable bonds is 1. The first kappa shape index (κ1) is 13.0. The van der Waals surface area contributed by atoms with Gasteiger partial charge in [-0.3, -0.25) is 4.79 Å². The van der Waals surface area contributed by atoms with E-state index in [1.54, 1.807) is 24.3 Å². The van der Waals surface area contributed by atoms with Gasteiger partial charge < -0.3 is 15.1 Å². The summed E-state index contributed by atoms with van der Waals surface area (Å²) in [5, 5.41) is 20.0. The van der Waals surface area contributed by atoms with Crippen LogP contribution in [0.25, 0.3) is 10.8 Å². The summed E-state index contributed by atoms with van der Waals surface area (Å²) < 4.78 is 13.7. The first-order chi connectivity index (χ1) is 9.58. The molecule has 2 aromatic carbocycles. The standard InChI is InChI=1S/C15H14FNO3/c16-12-6-5-11(9-3-1-2-4-10(9)12)15(20)17-7-13(18)14(19)8-17/h1-6,13-14,18-19H,7-8H2/t13-,14+. The molecule has 104 valence electrons. The van der Waals surface area contributed by atoms with Gasteiger partial charge >= 0.3 is 0 Å². The van der Waals surface area contributed by atoms with Crippen molar-refractivity contribution < 1.29 is 19.4 Å². The maximum absolute atomic E-state index is 13.7. The van der Waals surface area contributed by atoms with E-state index in [1.165, 1.54) is 17.0 Å². The summed E-state index contributed by atoms with van der Waals surface area (Å²) in [6, 6.07) is 9.47. The lowest BCUT2D eigenvalue weighted by Crippen LogP contribution is -2.30. The summed E-state index contributed by atoms with van der Waals surface area (Å²) >= 11 is 0. The van der Waals surface area contributed by atoms with Gasteiger partial charge in [0.2, 0.25) is 0 Å². The van der Waals surface area contributed by atoms with Crippen LogP contribution in [0, 0.1) is 5.82 Å². The van der Waals surface area contributed by atoms with Gasteiger partial charge in [0.05, 0.1) is 12.2 Å². The highest BCUT2D eigenvalue weighted by molar-refractivity contribution is 6.07. The van der Waals surface area contributed by atoms with Gasteiger partial charge in [-0.2, -0.15) is 0 Å². The van der Waals surface area contributed by atoms with Gasteiger partial charge in [-0.15, -0.1) is 0 Å². The lowest BCUT2D eigenvalue weighted by molar-refractivity contribution is 0.0572. The number of fused-ring (bicyclic) bond motifs is 1. The van der Waals surface area contributed by atoms with Crippen molar-refractivity contribution in [3.05, 3.63) is 47.8 Å². The third kappa shape index (κ3) is 2.05. The van der Waals surface area contributed by atoms with Crippen molar-refractivity contribution in [2.75, 3.05) is 13.1 Å². The molecule has 0 spiro atoms. The lowest BCUT2D eigenvalue weighted by Gasteiger charge is -2.16. The summed E-state index contributed by atoms with van der Waals surface area (Å²) in [5.41, 5.74) is 0.378. The topological polar surface area (TPSA) is 60.8 Å². The monoisotopic (exact) mass is 275 g/mol. The zero-order valence-corrected chi connectivity index (χ0v) is 10.7. The number of carbonyl (C=O) groups is 1. The van der Waals surface area contributed by atoms with E-state index in [4.69, 9.17) is 0 Å². The van der Waals surface area contributed by atoms with Crippen LogP contribution in [0.3, 0.4) is 0 Å². The van der Waals surface area contributed by atoms with Crippen molar-refractivity contribution >= 4 is 16.7 Å². The number of carbonyl (C=O) groups excluding carboxylic acids is 1. The Morgan fingerprint density at radius 2 is 1.65 bits per heavy atom. The highest BCUT2D eigenvalue weighted by Crippen LogP contribution is 2.24. The van der Waals surface area contributed by atoms with E-state index in [2.05, 4.69) is 0 Å². The van der Waals surface area contributed by atoms with Crippen LogP contribution in [0.5, 0.6) is 0 Å². The molecule has 0 radical (unpaired) electrons. The van der Waals surface area contributed by atoms with Crippen LogP contribution in [-0.4, -0.2) is 46.3 Å². The van der Waals surface area contributed by atoms with Gasteiger partial charge in [0.25, 0.3) is 5.91 Å². The SMILES string of the molecule is O=C(c1ccc(F)c2ccccc12)N1C[C@@H](O)[C@@H](O)C1. The van der Waals surface area contributed by atoms with Crippen LogP contribution >= 0.6 is 0 Å². The van der Waals surface area contributed by atoms with Crippen LogP contribution < -0.4 is 0 Å². The first-order valence-corrected chi connectivity index (χ1v) is 6.40. The van der Waals surface area contributed by atoms with Crippen LogP contribution in [-0.2, 0) is 0 Å². The van der Waals surface area contributed by atoms with E-state index in [0.29, 0.717) is 16.3 Å². The van der Waals surface area contributed by atoms with Gasteiger partial charge in [-0.25, -0.2) is 4.39 Å². The summed E-state index contributed by atoms with van der Waals surface area (Å²) in [5.74, 6) is -0.685. The minimum Gasteiger partial charge on any atom is -0.388 e. The number of β-amino-alcohol motifs (C(OH)–C–C–N with tert-alkyl or cyclic N) is 2. The average Bonchev–Trinajstić information content (AvgIpc) is 2.79. The predicted molar refractivity (Wildman–Crippen MR) is 71.8 cm³/mol. The quantitative estimate of drug-likeness (QED) is 0.821. The van der Waals surface area contributed by atoms with Crippen molar-refractivity contribution in [1.82, 2.24) is 4.90 Å². The van der Waals surface area contributed by atoms with E-state index >= 15 is 0 Å². The molecule has 5 heteroatoms. The van der Waals surface area contributed by atoms with Gasteiger partial charge in [-0.05, 0) is 17.5 Å². The normalized spacial score (nSPS) is 22.4. The number of aliphatic hydroxyl groups is 2. The van der Waals surface area contributed by atoms with Gasteiger partial charge in [0, 0.05) is 24.0 Å². The minimum atomic E-state index is -0.925. The Hall–Kier alpha value is -1.98. The van der Waals surface area contributed by atoms with Gasteiger partial charge in [0.1, 0.15) is 5.82 Å². The highest BCUT2D eigenvalue weighted by Gasteiger charge is 2.33. The zero-order chi connectivity index (χ0) is 14.3. The van der Waals surface area contributed by atoms with Crippen LogP contribution in [0.1, 0.15) is 10.4 Å². The molecule has 20 heavy (non-hydrogen) atoms. The fourth-order valence-electron chi connectivity index (χ4n) is 2.55. The molecule has 2 aromatic rings. The first-order valence-electron chi connectivity index (χ1n) is 6.40. The fraction of sp³-hybridized carbons (Fsp3) is 0.267. The third-order valence-corrected chi connectivity index (χ3v) is 3.65. The number of benzene rings is 2. The van der Waals surface area contributed by atoms with Gasteiger partial charge in [0.15, 0.2) is 0 Å². The molecule has 0 saturated carbocycles. The van der Waals surface area contributed by atoms with E-state index in [1.807, 2.05) is 0 Å². The summed E-state index contributed by atoms with van der Waals surface area (Å²) in [6.45, 7) is 0.178. The molecule has 1 fully saturated rings. The van der Waals surface area contributed by atoms with E-state index in [0.717, 1.165) is 0 Å². The molecule has 0 aromatic heterocycles. The lowest BCUT2D eigenvalue weighted by atomic mass is 10.0. The smallest absolute Gasteiger partial charge is 0.254 e. The molecule has 2 atom stereocenters. The summed E-state index contributed by atoms with van der Waals surface area (Å²) in [7, 11) is 0. The molecule has 4 nitrogen and oxygen atoms in total. The molecular weight excluding hydrogens is 261 g/mol. The van der Waals surface area contributed by atoms with E-state index < -0.39 is 12.2 Å². The van der Waals surface area contributed by atoms with Crippen molar-refractivity contribution in [1.29, 1.82) is 0 Å². The number of aliphatic hydroxyl groups excluding tert-OH is 2. The van der Waals surface area contributed by atoms with Crippen molar-refractivity contribution in [3.8, 4) is 0 Å². The van der Waals surface area contributed by atoms with E-state index in [-0.39, 0.29) is 24.8 Å². The Labute approximate surface area is 115 Å². The van der Waals surface area contributed by atoms with E-state index in [9.17, 15) is 19.4 Å². The summed E-state index contributed by atoms with van der Waals surface area (Å²) in [4.78, 5) is 13.8. The van der Waals surface area contributed by atoms with Crippen molar-refractivity contribution in [2.45, 2.75) is 12.2 Å². The maximum Gasteiger partial charge on any atom is 0.254 e. The zero-order valence-electron chi connectivity index (χ0n) is 10.7. The van der Waals surface area contributed by atoms with Crippen LogP contribution in [0.15, 0.2) is 36.4 Å². The third-order valence-electron chi connectivity index (χ3n) is 3.65. The molecule has 1 saturated heterocycles. The molecule has 0 unspecified atom stereocenters. The van der Waals surface area contributed by atoms with Crippen molar-refractivity contribution in [3.63, 3.8) is 0 Å². The molecular formula is C15H14FNO3. The molecule has 0 bridgehead atoms. The largest absolute Gasteiger partial charge is 0.388 e. The summed E-state index contributed by atoms with van der Waals surface area (Å²) in [6.07, 6.45) is -1.85. The Morgan fingerprint density at radius 1 is 1.05 bits per heavy atom. The second kappa shape index (κ2) is 4.85. The number of likely N-dealkylation sites (tertiary alicyclic amines) is 1. The maximum atomic E-state index is 13.7. The Balaban J connectivity index is 2.03. The molecule has 0 aliphatic carbocycles. The molecule has 1 aliphatic heterocycles. The second-order valence-corrected chi connectivity index (χ2v) is 4.99. The highest BCUT2D eigenvalue weighted by atomic mass is 19.1. The molecule has 3 rings (SSSR count). The minimum absolute atomic E-state index is 0.0890. The Bertz CT molecular complexity index is 663. The fourth-order valence-corrected chi connectivity index (χ4v) is 2.55. The number of hydrogen-bond donors (Lipinski definition) is 2. The number of halogens is 1. The predicted octanol–water partition coefficient (Wildman–Crippen LogP) is 1.16. The number of amides is 1. The molecule has 2 N–H and O–H groups in total. The van der Waals surface area contributed by atoms with Gasteiger partial charge in [-0.1, -0.05) is 24.3 Å². The molecule has 1 heterocycles. The molecule has 1 amide bonds. The number of hydrogen-bond acceptors (Lipinski definition) is 3. The average molecular weight is 275 g/mol. The van der Waals surface area contributed by atoms with Crippen LogP contribution in [0.2, 0.25) is 0 Å². The number of nitrogens with zero attached hydrogens (tertiary/aromatic N) is 1. The Morgan fingerprint density at radius 3 is 2.30 bits per heavy atom. The Kier molecular flexibility index (Phi) is 3.16. The second-order valence-electron chi connectivity index (χ2n) is 4.99.